The average molecular weight is 128 g/mol. The highest BCUT2D eigenvalue weighted by Gasteiger charge is 2.11. The monoisotopic (exact) mass is 128 g/mol. The third-order valence-electron chi connectivity index (χ3n) is 1.07. The Hall–Kier alpha value is -1.24. The van der Waals surface area contributed by atoms with Gasteiger partial charge in [-0.2, -0.15) is 5.26 Å². The second-order valence-corrected chi connectivity index (χ2v) is 1.70. The molecule has 0 spiro atoms. The van der Waals surface area contributed by atoms with Gasteiger partial charge in [-0.3, -0.25) is 4.90 Å². The quantitative estimate of drug-likeness (QED) is 0.559. The fourth-order valence-electron chi connectivity index (χ4n) is 0.252. The summed E-state index contributed by atoms with van der Waals surface area (Å²) in [6.45, 7) is 1.52. The lowest BCUT2D eigenvalue weighted by atomic mass is 10.3. The predicted molar refractivity (Wildman–Crippen MR) is 30.9 cm³/mol. The Bertz CT molecular complexity index is 150. The van der Waals surface area contributed by atoms with Crippen LogP contribution in [0, 0.1) is 11.3 Å². The molecule has 4 heteroatoms. The lowest BCUT2D eigenvalue weighted by Crippen LogP contribution is -2.32. The van der Waals surface area contributed by atoms with E-state index >= 15 is 0 Å². The van der Waals surface area contributed by atoms with Crippen molar-refractivity contribution in [2.45, 2.75) is 13.0 Å². The Balaban J connectivity index is 3.91. The first kappa shape index (κ1) is 7.76. The van der Waals surface area contributed by atoms with Gasteiger partial charge < -0.3 is 5.11 Å². The molecule has 0 saturated heterocycles. The highest BCUT2D eigenvalue weighted by atomic mass is 16.4. The maximum atomic E-state index is 10.1. The first-order valence-corrected chi connectivity index (χ1v) is 2.45. The van der Waals surface area contributed by atoms with Crippen molar-refractivity contribution in [1.29, 1.82) is 5.26 Å². The SMILES string of the molecule is CC(C#N)N(C)C(=O)O. The van der Waals surface area contributed by atoms with Crippen LogP contribution in [-0.4, -0.2) is 29.2 Å². The number of hydrogen-bond donors (Lipinski definition) is 1. The summed E-state index contributed by atoms with van der Waals surface area (Å²) in [6, 6.07) is 1.22. The van der Waals surface area contributed by atoms with Crippen molar-refractivity contribution in [2.75, 3.05) is 7.05 Å². The molecule has 0 saturated carbocycles. The van der Waals surface area contributed by atoms with Crippen molar-refractivity contribution in [3.05, 3.63) is 0 Å². The molecule has 0 aromatic carbocycles. The van der Waals surface area contributed by atoms with Crippen LogP contribution in [0.3, 0.4) is 0 Å². The average Bonchev–Trinajstić information content (AvgIpc) is 1.84. The van der Waals surface area contributed by atoms with Crippen molar-refractivity contribution in [3.63, 3.8) is 0 Å². The lowest BCUT2D eigenvalue weighted by molar-refractivity contribution is 0.150. The number of nitrogens with zero attached hydrogens (tertiary/aromatic N) is 2. The van der Waals surface area contributed by atoms with Crippen LogP contribution in [0.2, 0.25) is 0 Å². The zero-order valence-electron chi connectivity index (χ0n) is 5.33. The Morgan fingerprint density at radius 2 is 2.33 bits per heavy atom. The molecule has 0 aromatic heterocycles. The van der Waals surface area contributed by atoms with E-state index < -0.39 is 12.1 Å². The number of rotatable bonds is 1. The predicted octanol–water partition coefficient (Wildman–Crippen LogP) is 0.508. The van der Waals surface area contributed by atoms with E-state index in [1.165, 1.54) is 14.0 Å². The van der Waals surface area contributed by atoms with Crippen molar-refractivity contribution >= 4 is 6.09 Å². The summed E-state index contributed by atoms with van der Waals surface area (Å²) in [5, 5.41) is 16.5. The zero-order valence-corrected chi connectivity index (χ0v) is 5.33. The molecule has 0 aliphatic heterocycles. The summed E-state index contributed by atoms with van der Waals surface area (Å²) in [6.07, 6.45) is -1.08. The van der Waals surface area contributed by atoms with Gasteiger partial charge in [0.05, 0.1) is 6.07 Å². The molecule has 0 aliphatic carbocycles. The summed E-state index contributed by atoms with van der Waals surface area (Å²) >= 11 is 0. The standard InChI is InChI=1S/C5H8N2O2/c1-4(3-6)7(2)5(8)9/h4H,1-2H3,(H,8,9). The van der Waals surface area contributed by atoms with E-state index in [0.29, 0.717) is 0 Å². The van der Waals surface area contributed by atoms with E-state index in [1.54, 1.807) is 6.07 Å². The van der Waals surface area contributed by atoms with Crippen LogP contribution in [0.15, 0.2) is 0 Å². The van der Waals surface area contributed by atoms with Gasteiger partial charge in [0.15, 0.2) is 0 Å². The molecule has 0 aromatic rings. The second kappa shape index (κ2) is 2.92. The molecular formula is C5H8N2O2. The lowest BCUT2D eigenvalue weighted by Gasteiger charge is -2.13. The van der Waals surface area contributed by atoms with Gasteiger partial charge >= 0.3 is 6.09 Å². The number of carbonyl (C=O) groups is 1. The molecule has 1 amide bonds. The summed E-state index contributed by atoms with van der Waals surface area (Å²) in [4.78, 5) is 11.0. The normalized spacial score (nSPS) is 11.7. The second-order valence-electron chi connectivity index (χ2n) is 1.70. The first-order chi connectivity index (χ1) is 4.09. The topological polar surface area (TPSA) is 64.3 Å². The number of carboxylic acid groups (broad SMARTS) is 1. The van der Waals surface area contributed by atoms with Gasteiger partial charge in [0.1, 0.15) is 6.04 Å². The highest BCUT2D eigenvalue weighted by Crippen LogP contribution is 1.91. The Morgan fingerprint density at radius 3 is 2.44 bits per heavy atom. The van der Waals surface area contributed by atoms with Gasteiger partial charge in [0.2, 0.25) is 0 Å². The molecule has 0 rings (SSSR count). The molecule has 50 valence electrons. The molecule has 1 unspecified atom stereocenters. The summed E-state index contributed by atoms with van der Waals surface area (Å²) in [5.74, 6) is 0. The maximum absolute atomic E-state index is 10.1. The van der Waals surface area contributed by atoms with Gasteiger partial charge in [0, 0.05) is 7.05 Å². The van der Waals surface area contributed by atoms with Crippen molar-refractivity contribution in [2.24, 2.45) is 0 Å². The Morgan fingerprint density at radius 1 is 1.89 bits per heavy atom. The molecule has 0 aliphatic rings. The van der Waals surface area contributed by atoms with Gasteiger partial charge in [-0.05, 0) is 6.92 Å². The zero-order chi connectivity index (χ0) is 7.44. The van der Waals surface area contributed by atoms with E-state index in [-0.39, 0.29) is 0 Å². The van der Waals surface area contributed by atoms with Crippen molar-refractivity contribution in [3.8, 4) is 6.07 Å². The summed E-state index contributed by atoms with van der Waals surface area (Å²) in [7, 11) is 1.36. The van der Waals surface area contributed by atoms with E-state index in [1.807, 2.05) is 0 Å². The largest absolute Gasteiger partial charge is 0.465 e. The van der Waals surface area contributed by atoms with Crippen LogP contribution in [-0.2, 0) is 0 Å². The molecule has 0 fully saturated rings. The molecule has 1 N–H and O–H groups in total. The summed E-state index contributed by atoms with van der Waals surface area (Å²) in [5.41, 5.74) is 0. The van der Waals surface area contributed by atoms with E-state index in [4.69, 9.17) is 10.4 Å². The third kappa shape index (κ3) is 2.00. The smallest absolute Gasteiger partial charge is 0.408 e. The first-order valence-electron chi connectivity index (χ1n) is 2.45. The molecule has 0 bridgehead atoms. The molecule has 1 atom stereocenters. The van der Waals surface area contributed by atoms with Crippen LogP contribution < -0.4 is 0 Å². The third-order valence-corrected chi connectivity index (χ3v) is 1.07. The van der Waals surface area contributed by atoms with Crippen LogP contribution in [0.5, 0.6) is 0 Å². The van der Waals surface area contributed by atoms with Gasteiger partial charge in [-0.25, -0.2) is 4.79 Å². The maximum Gasteiger partial charge on any atom is 0.408 e. The fourth-order valence-corrected chi connectivity index (χ4v) is 0.252. The van der Waals surface area contributed by atoms with Crippen LogP contribution in [0.25, 0.3) is 0 Å². The van der Waals surface area contributed by atoms with Crippen LogP contribution in [0.1, 0.15) is 6.92 Å². The van der Waals surface area contributed by atoms with E-state index in [2.05, 4.69) is 0 Å². The number of nitriles is 1. The molecule has 4 nitrogen and oxygen atoms in total. The summed E-state index contributed by atoms with van der Waals surface area (Å²) < 4.78 is 0. The molecular weight excluding hydrogens is 120 g/mol. The Kier molecular flexibility index (Phi) is 2.52. The minimum Gasteiger partial charge on any atom is -0.465 e. The molecule has 0 radical (unpaired) electrons. The van der Waals surface area contributed by atoms with Crippen LogP contribution in [0.4, 0.5) is 4.79 Å². The van der Waals surface area contributed by atoms with Gasteiger partial charge in [-0.15, -0.1) is 0 Å². The minimum atomic E-state index is -1.08. The fraction of sp³-hybridized carbons (Fsp3) is 0.600. The molecule has 9 heavy (non-hydrogen) atoms. The molecule has 0 heterocycles. The number of hydrogen-bond acceptors (Lipinski definition) is 2. The Labute approximate surface area is 53.3 Å². The van der Waals surface area contributed by atoms with Gasteiger partial charge in [-0.1, -0.05) is 0 Å². The highest BCUT2D eigenvalue weighted by molar-refractivity contribution is 5.65. The van der Waals surface area contributed by atoms with Gasteiger partial charge in [0.25, 0.3) is 0 Å². The van der Waals surface area contributed by atoms with Crippen molar-refractivity contribution < 1.29 is 9.90 Å². The number of amides is 1. The van der Waals surface area contributed by atoms with Crippen LogP contribution >= 0.6 is 0 Å². The minimum absolute atomic E-state index is 0.567. The van der Waals surface area contributed by atoms with Crippen molar-refractivity contribution in [1.82, 2.24) is 4.90 Å². The van der Waals surface area contributed by atoms with E-state index in [0.717, 1.165) is 4.90 Å². The van der Waals surface area contributed by atoms with E-state index in [9.17, 15) is 4.79 Å².